The van der Waals surface area contributed by atoms with Gasteiger partial charge in [-0.3, -0.25) is 4.98 Å². The molecule has 0 saturated carbocycles. The van der Waals surface area contributed by atoms with Gasteiger partial charge in [0.05, 0.1) is 11.5 Å². The third-order valence-corrected chi connectivity index (χ3v) is 3.62. The van der Waals surface area contributed by atoms with Gasteiger partial charge in [-0.05, 0) is 31.5 Å². The molecule has 1 aromatic heterocycles. The van der Waals surface area contributed by atoms with Crippen LogP contribution in [0.2, 0.25) is 0 Å². The van der Waals surface area contributed by atoms with Crippen molar-refractivity contribution in [2.45, 2.75) is 19.3 Å². The molecule has 0 amide bonds. The largest absolute Gasteiger partial charge is 0.486 e. The summed E-state index contributed by atoms with van der Waals surface area (Å²) in [7, 11) is 0. The van der Waals surface area contributed by atoms with Gasteiger partial charge in [-0.1, -0.05) is 12.1 Å². The molecule has 0 N–H and O–H groups in total. The number of pyridine rings is 1. The number of nitriles is 1. The highest BCUT2D eigenvalue weighted by Crippen LogP contribution is 2.40. The van der Waals surface area contributed by atoms with Gasteiger partial charge in [-0.25, -0.2) is 0 Å². The molecule has 4 heteroatoms. The monoisotopic (exact) mass is 280 g/mol. The average molecular weight is 280 g/mol. The summed E-state index contributed by atoms with van der Waals surface area (Å²) in [6, 6.07) is 10.1. The van der Waals surface area contributed by atoms with Crippen LogP contribution >= 0.6 is 0 Å². The first-order chi connectivity index (χ1) is 10.1. The second kappa shape index (κ2) is 5.10. The Kier molecular flexibility index (Phi) is 3.26. The Hall–Kier alpha value is -2.54. The fourth-order valence-electron chi connectivity index (χ4n) is 2.29. The number of rotatable bonds is 2. The summed E-state index contributed by atoms with van der Waals surface area (Å²) < 4.78 is 11.3. The van der Waals surface area contributed by atoms with Gasteiger partial charge in [0.2, 0.25) is 0 Å². The van der Waals surface area contributed by atoms with E-state index in [1.165, 1.54) is 0 Å². The van der Waals surface area contributed by atoms with Gasteiger partial charge in [-0.2, -0.15) is 5.26 Å². The van der Waals surface area contributed by atoms with E-state index in [1.807, 2.05) is 38.1 Å². The van der Waals surface area contributed by atoms with Crippen LogP contribution in [-0.2, 0) is 5.41 Å². The molecule has 106 valence electrons. The van der Waals surface area contributed by atoms with E-state index in [1.54, 1.807) is 12.4 Å². The Morgan fingerprint density at radius 2 is 2.00 bits per heavy atom. The van der Waals surface area contributed by atoms with E-state index < -0.39 is 5.41 Å². The highest BCUT2D eigenvalue weighted by molar-refractivity contribution is 5.74. The van der Waals surface area contributed by atoms with Crippen molar-refractivity contribution in [3.8, 4) is 28.7 Å². The molecule has 0 aliphatic carbocycles. The molecule has 2 heterocycles. The maximum Gasteiger partial charge on any atom is 0.169 e. The van der Waals surface area contributed by atoms with Crippen LogP contribution in [-0.4, -0.2) is 18.2 Å². The number of hydrogen-bond donors (Lipinski definition) is 0. The summed E-state index contributed by atoms with van der Waals surface area (Å²) in [5, 5.41) is 9.28. The molecule has 0 saturated heterocycles. The molecule has 0 unspecified atom stereocenters. The molecule has 21 heavy (non-hydrogen) atoms. The second-order valence-corrected chi connectivity index (χ2v) is 5.53. The van der Waals surface area contributed by atoms with Gasteiger partial charge in [-0.15, -0.1) is 0 Å². The van der Waals surface area contributed by atoms with Gasteiger partial charge in [0.1, 0.15) is 13.2 Å². The summed E-state index contributed by atoms with van der Waals surface area (Å²) in [5.74, 6) is 1.50. The van der Waals surface area contributed by atoms with Crippen molar-refractivity contribution >= 4 is 0 Å². The minimum atomic E-state index is -0.574. The van der Waals surface area contributed by atoms with Crippen molar-refractivity contribution in [2.75, 3.05) is 13.2 Å². The number of hydrogen-bond acceptors (Lipinski definition) is 4. The lowest BCUT2D eigenvalue weighted by atomic mass is 9.86. The van der Waals surface area contributed by atoms with E-state index in [-0.39, 0.29) is 0 Å². The molecule has 1 aromatic carbocycles. The third-order valence-electron chi connectivity index (χ3n) is 3.62. The SMILES string of the molecule is CC(C)(C#N)c1cncc(-c2cccc3c2OCCO3)c1. The summed E-state index contributed by atoms with van der Waals surface area (Å²) in [6.45, 7) is 4.87. The summed E-state index contributed by atoms with van der Waals surface area (Å²) in [5.41, 5.74) is 2.18. The Bertz CT molecular complexity index is 717. The van der Waals surface area contributed by atoms with Gasteiger partial charge in [0.25, 0.3) is 0 Å². The van der Waals surface area contributed by atoms with Crippen LogP contribution in [0.15, 0.2) is 36.7 Å². The Balaban J connectivity index is 2.10. The fraction of sp³-hybridized carbons (Fsp3) is 0.294. The van der Waals surface area contributed by atoms with Crippen LogP contribution in [0.5, 0.6) is 11.5 Å². The first kappa shape index (κ1) is 13.4. The number of aromatic nitrogens is 1. The van der Waals surface area contributed by atoms with Crippen molar-refractivity contribution in [1.82, 2.24) is 4.98 Å². The van der Waals surface area contributed by atoms with Crippen LogP contribution in [0.1, 0.15) is 19.4 Å². The molecule has 1 aliphatic heterocycles. The molecule has 0 atom stereocenters. The van der Waals surface area contributed by atoms with Gasteiger partial charge >= 0.3 is 0 Å². The number of nitrogens with zero attached hydrogens (tertiary/aromatic N) is 2. The zero-order valence-corrected chi connectivity index (χ0v) is 12.1. The van der Waals surface area contributed by atoms with Crippen molar-refractivity contribution in [2.24, 2.45) is 0 Å². The number of benzene rings is 1. The molecule has 2 aromatic rings. The van der Waals surface area contributed by atoms with E-state index in [9.17, 15) is 5.26 Å². The molecular weight excluding hydrogens is 264 g/mol. The molecular formula is C17H16N2O2. The first-order valence-electron chi connectivity index (χ1n) is 6.87. The average Bonchev–Trinajstić information content (AvgIpc) is 2.54. The van der Waals surface area contributed by atoms with Gasteiger partial charge in [0, 0.05) is 23.5 Å². The van der Waals surface area contributed by atoms with Crippen LogP contribution in [0.25, 0.3) is 11.1 Å². The molecule has 0 bridgehead atoms. The smallest absolute Gasteiger partial charge is 0.169 e. The maximum atomic E-state index is 9.28. The van der Waals surface area contributed by atoms with Gasteiger partial charge < -0.3 is 9.47 Å². The fourth-order valence-corrected chi connectivity index (χ4v) is 2.29. The molecule has 0 spiro atoms. The number of ether oxygens (including phenoxy) is 2. The van der Waals surface area contributed by atoms with Crippen LogP contribution < -0.4 is 9.47 Å². The number of para-hydroxylation sites is 1. The third kappa shape index (κ3) is 2.43. The molecule has 4 nitrogen and oxygen atoms in total. The van der Waals surface area contributed by atoms with E-state index in [0.29, 0.717) is 13.2 Å². The molecule has 0 radical (unpaired) electrons. The zero-order chi connectivity index (χ0) is 14.9. The predicted molar refractivity (Wildman–Crippen MR) is 79.3 cm³/mol. The predicted octanol–water partition coefficient (Wildman–Crippen LogP) is 3.32. The summed E-state index contributed by atoms with van der Waals surface area (Å²) in [6.07, 6.45) is 3.52. The standard InChI is InChI=1S/C17H16N2O2/c1-17(2,11-18)13-8-12(9-19-10-13)14-4-3-5-15-16(14)21-7-6-20-15/h3-5,8-10H,6-7H2,1-2H3. The summed E-state index contributed by atoms with van der Waals surface area (Å²) in [4.78, 5) is 4.28. The minimum Gasteiger partial charge on any atom is -0.486 e. The van der Waals surface area contributed by atoms with Gasteiger partial charge in [0.15, 0.2) is 11.5 Å². The quantitative estimate of drug-likeness (QED) is 0.846. The topological polar surface area (TPSA) is 55.1 Å². The lowest BCUT2D eigenvalue weighted by molar-refractivity contribution is 0.172. The lowest BCUT2D eigenvalue weighted by Crippen LogP contribution is -2.16. The van der Waals surface area contributed by atoms with E-state index >= 15 is 0 Å². The van der Waals surface area contributed by atoms with Crippen LogP contribution in [0, 0.1) is 11.3 Å². The summed E-state index contributed by atoms with van der Waals surface area (Å²) >= 11 is 0. The Labute approximate surface area is 124 Å². The lowest BCUT2D eigenvalue weighted by Gasteiger charge is -2.22. The molecule has 0 fully saturated rings. The minimum absolute atomic E-state index is 0.542. The van der Waals surface area contributed by atoms with Crippen LogP contribution in [0.4, 0.5) is 0 Å². The second-order valence-electron chi connectivity index (χ2n) is 5.53. The molecule has 1 aliphatic rings. The normalized spacial score (nSPS) is 13.6. The van der Waals surface area contributed by atoms with Crippen molar-refractivity contribution < 1.29 is 9.47 Å². The first-order valence-corrected chi connectivity index (χ1v) is 6.87. The van der Waals surface area contributed by atoms with E-state index in [4.69, 9.17) is 9.47 Å². The maximum absolute atomic E-state index is 9.28. The highest BCUT2D eigenvalue weighted by atomic mass is 16.6. The zero-order valence-electron chi connectivity index (χ0n) is 12.1. The van der Waals surface area contributed by atoms with Crippen LogP contribution in [0.3, 0.4) is 0 Å². The molecule has 3 rings (SSSR count). The Morgan fingerprint density at radius 1 is 1.19 bits per heavy atom. The number of fused-ring (bicyclic) bond motifs is 1. The van der Waals surface area contributed by atoms with Crippen molar-refractivity contribution in [3.63, 3.8) is 0 Å². The highest BCUT2D eigenvalue weighted by Gasteiger charge is 2.22. The van der Waals surface area contributed by atoms with Crippen molar-refractivity contribution in [1.29, 1.82) is 5.26 Å². The Morgan fingerprint density at radius 3 is 2.81 bits per heavy atom. The van der Waals surface area contributed by atoms with Crippen molar-refractivity contribution in [3.05, 3.63) is 42.2 Å². The van der Waals surface area contributed by atoms with E-state index in [0.717, 1.165) is 28.2 Å². The van der Waals surface area contributed by atoms with E-state index in [2.05, 4.69) is 11.1 Å².